The number of ketones is 1. The van der Waals surface area contributed by atoms with Gasteiger partial charge in [0.05, 0.1) is 12.2 Å². The van der Waals surface area contributed by atoms with Crippen LogP contribution in [0.5, 0.6) is 0 Å². The van der Waals surface area contributed by atoms with Gasteiger partial charge in [0.1, 0.15) is 12.4 Å². The first-order chi connectivity index (χ1) is 15.0. The molecule has 1 aliphatic carbocycles. The van der Waals surface area contributed by atoms with Gasteiger partial charge < -0.3 is 14.8 Å². The molecule has 5 nitrogen and oxygen atoms in total. The molecule has 7 heteroatoms. The Balaban J connectivity index is 1.74. The van der Waals surface area contributed by atoms with Crippen LogP contribution in [0.3, 0.4) is 0 Å². The number of hydrogen-bond donors (Lipinski definition) is 1. The first-order valence-electron chi connectivity index (χ1n) is 10.2. The van der Waals surface area contributed by atoms with Crippen LogP contribution in [0.2, 0.25) is 0 Å². The zero-order valence-corrected chi connectivity index (χ0v) is 18.3. The molecule has 2 heterocycles. The van der Waals surface area contributed by atoms with Gasteiger partial charge in [0.2, 0.25) is 0 Å². The van der Waals surface area contributed by atoms with Gasteiger partial charge in [-0.25, -0.2) is 9.18 Å². The summed E-state index contributed by atoms with van der Waals surface area (Å²) in [5.74, 6) is -1.36. The molecule has 1 aliphatic heterocycles. The summed E-state index contributed by atoms with van der Waals surface area (Å²) in [6, 6.07) is 10.00. The van der Waals surface area contributed by atoms with Crippen LogP contribution in [-0.4, -0.2) is 32.1 Å². The highest BCUT2D eigenvalue weighted by atomic mass is 32.1. The fraction of sp³-hybridized carbons (Fsp3) is 0.333. The van der Waals surface area contributed by atoms with Crippen LogP contribution < -0.4 is 5.32 Å². The second-order valence-corrected chi connectivity index (χ2v) is 8.69. The van der Waals surface area contributed by atoms with Gasteiger partial charge in [-0.1, -0.05) is 18.2 Å². The third-order valence-corrected chi connectivity index (χ3v) is 6.75. The van der Waals surface area contributed by atoms with Crippen molar-refractivity contribution in [3.63, 3.8) is 0 Å². The van der Waals surface area contributed by atoms with Gasteiger partial charge >= 0.3 is 5.97 Å². The van der Waals surface area contributed by atoms with Crippen LogP contribution in [0.1, 0.15) is 42.0 Å². The van der Waals surface area contributed by atoms with Crippen molar-refractivity contribution in [2.45, 2.75) is 31.6 Å². The first-order valence-corrected chi connectivity index (χ1v) is 11.1. The molecule has 0 saturated heterocycles. The number of methoxy groups -OCH3 is 1. The van der Waals surface area contributed by atoms with E-state index in [1.165, 1.54) is 24.1 Å². The largest absolute Gasteiger partial charge is 0.460 e. The number of halogens is 1. The Bertz CT molecular complexity index is 1040. The highest BCUT2D eigenvalue weighted by molar-refractivity contribution is 7.10. The lowest BCUT2D eigenvalue weighted by molar-refractivity contribution is -0.140. The molecule has 0 spiro atoms. The lowest BCUT2D eigenvalue weighted by Crippen LogP contribution is -2.36. The van der Waals surface area contributed by atoms with E-state index in [1.807, 2.05) is 18.4 Å². The molecule has 2 aliphatic rings. The van der Waals surface area contributed by atoms with Crippen LogP contribution >= 0.6 is 11.3 Å². The Morgan fingerprint density at radius 3 is 2.65 bits per heavy atom. The predicted molar refractivity (Wildman–Crippen MR) is 116 cm³/mol. The van der Waals surface area contributed by atoms with Crippen molar-refractivity contribution in [3.8, 4) is 0 Å². The molecule has 0 radical (unpaired) electrons. The van der Waals surface area contributed by atoms with Crippen molar-refractivity contribution in [1.29, 1.82) is 0 Å². The second-order valence-electron chi connectivity index (χ2n) is 7.71. The van der Waals surface area contributed by atoms with Crippen molar-refractivity contribution < 1.29 is 23.5 Å². The van der Waals surface area contributed by atoms with Crippen LogP contribution in [0.25, 0.3) is 0 Å². The summed E-state index contributed by atoms with van der Waals surface area (Å²) in [6.07, 6.45) is 1.06. The number of nitrogens with one attached hydrogen (secondary N) is 1. The predicted octanol–water partition coefficient (Wildman–Crippen LogP) is 4.44. The molecule has 1 aromatic carbocycles. The highest BCUT2D eigenvalue weighted by Gasteiger charge is 2.41. The van der Waals surface area contributed by atoms with E-state index in [9.17, 15) is 14.0 Å². The Morgan fingerprint density at radius 2 is 1.97 bits per heavy atom. The van der Waals surface area contributed by atoms with Crippen molar-refractivity contribution in [2.75, 3.05) is 20.3 Å². The van der Waals surface area contributed by atoms with Crippen molar-refractivity contribution in [1.82, 2.24) is 5.32 Å². The fourth-order valence-corrected chi connectivity index (χ4v) is 5.15. The maximum Gasteiger partial charge on any atom is 0.336 e. The van der Waals surface area contributed by atoms with Gasteiger partial charge in [-0.15, -0.1) is 11.3 Å². The van der Waals surface area contributed by atoms with Gasteiger partial charge in [-0.2, -0.15) is 0 Å². The minimum absolute atomic E-state index is 0.00355. The second kappa shape index (κ2) is 9.16. The van der Waals surface area contributed by atoms with E-state index in [1.54, 1.807) is 23.5 Å². The third-order valence-electron chi connectivity index (χ3n) is 5.72. The molecule has 0 fully saturated rings. The lowest BCUT2D eigenvalue weighted by Gasteiger charge is -2.36. The minimum atomic E-state index is -0.594. The average Bonchev–Trinajstić information content (AvgIpc) is 3.28. The molecular formula is C24H24FNO4S. The van der Waals surface area contributed by atoms with Gasteiger partial charge in [-0.3, -0.25) is 4.79 Å². The highest BCUT2D eigenvalue weighted by Crippen LogP contribution is 2.46. The zero-order chi connectivity index (χ0) is 22.0. The average molecular weight is 442 g/mol. The summed E-state index contributed by atoms with van der Waals surface area (Å²) in [6.45, 7) is 2.21. The number of allylic oxidation sites excluding steroid dienone is 3. The topological polar surface area (TPSA) is 64.6 Å². The molecule has 0 unspecified atom stereocenters. The SMILES string of the molecule is COCCOC(=O)C1=C(C)NC2=C(C(=O)C[C@H](c3cccs3)C2)[C@@H]1c1ccc(F)cc1. The summed E-state index contributed by atoms with van der Waals surface area (Å²) in [5.41, 5.74) is 3.12. The Hall–Kier alpha value is -2.77. The molecule has 4 rings (SSSR count). The molecule has 31 heavy (non-hydrogen) atoms. The summed E-state index contributed by atoms with van der Waals surface area (Å²) in [5, 5.41) is 5.32. The van der Waals surface area contributed by atoms with E-state index >= 15 is 0 Å². The summed E-state index contributed by atoms with van der Waals surface area (Å²) in [4.78, 5) is 27.5. The van der Waals surface area contributed by atoms with Crippen LogP contribution in [0.4, 0.5) is 4.39 Å². The Kier molecular flexibility index (Phi) is 6.34. The first kappa shape index (κ1) is 21.5. The monoisotopic (exact) mass is 441 g/mol. The molecule has 2 aromatic rings. The van der Waals surface area contributed by atoms with E-state index < -0.39 is 11.9 Å². The van der Waals surface area contributed by atoms with Gasteiger partial charge in [0.25, 0.3) is 0 Å². The normalized spacial score (nSPS) is 21.1. The van der Waals surface area contributed by atoms with Crippen LogP contribution in [-0.2, 0) is 19.1 Å². The number of carbonyl (C=O) groups excluding carboxylic acids is 2. The molecule has 0 bridgehead atoms. The smallest absolute Gasteiger partial charge is 0.336 e. The van der Waals surface area contributed by atoms with Crippen molar-refractivity contribution >= 4 is 23.1 Å². The van der Waals surface area contributed by atoms with Crippen LogP contribution in [0, 0.1) is 5.82 Å². The number of dihydropyridines is 1. The summed E-state index contributed by atoms with van der Waals surface area (Å²) >= 11 is 1.64. The molecule has 162 valence electrons. The summed E-state index contributed by atoms with van der Waals surface area (Å²) < 4.78 is 24.0. The maximum absolute atomic E-state index is 13.6. The number of thiophene rings is 1. The maximum atomic E-state index is 13.6. The number of benzene rings is 1. The van der Waals surface area contributed by atoms with E-state index in [-0.39, 0.29) is 30.7 Å². The van der Waals surface area contributed by atoms with Gasteiger partial charge in [0, 0.05) is 47.2 Å². The van der Waals surface area contributed by atoms with E-state index in [0.717, 1.165) is 5.70 Å². The van der Waals surface area contributed by atoms with Gasteiger partial charge in [-0.05, 0) is 42.5 Å². The molecule has 1 aromatic heterocycles. The fourth-order valence-electron chi connectivity index (χ4n) is 4.32. The lowest BCUT2D eigenvalue weighted by atomic mass is 9.72. The molecule has 1 N–H and O–H groups in total. The molecule has 2 atom stereocenters. The Morgan fingerprint density at radius 1 is 1.19 bits per heavy atom. The van der Waals surface area contributed by atoms with Crippen LogP contribution in [0.15, 0.2) is 64.3 Å². The molecule has 0 saturated carbocycles. The number of esters is 1. The quantitative estimate of drug-likeness (QED) is 0.530. The number of rotatable bonds is 6. The number of ether oxygens (including phenoxy) is 2. The van der Waals surface area contributed by atoms with E-state index in [4.69, 9.17) is 9.47 Å². The molecular weight excluding hydrogens is 417 g/mol. The number of carbonyl (C=O) groups is 2. The third kappa shape index (κ3) is 4.34. The number of Topliss-reactive ketones (excluding diaryl/α,β-unsaturated/α-hetero) is 1. The van der Waals surface area contributed by atoms with Gasteiger partial charge in [0.15, 0.2) is 5.78 Å². The van der Waals surface area contributed by atoms with E-state index in [2.05, 4.69) is 11.4 Å². The van der Waals surface area contributed by atoms with E-state index in [0.29, 0.717) is 35.2 Å². The zero-order valence-electron chi connectivity index (χ0n) is 17.4. The van der Waals surface area contributed by atoms with Crippen molar-refractivity contribution in [3.05, 3.63) is 80.6 Å². The number of hydrogen-bond acceptors (Lipinski definition) is 6. The minimum Gasteiger partial charge on any atom is -0.460 e. The standard InChI is InChI=1S/C24H24FNO4S/c1-14-21(24(28)30-10-9-29-2)22(15-5-7-17(25)8-6-15)23-18(26-14)12-16(13-19(23)27)20-4-3-11-31-20/h3-8,11,16,22,26H,9-10,12-13H2,1-2H3/t16-,22-/m1/s1. The Labute approximate surface area is 184 Å². The molecule has 0 amide bonds. The van der Waals surface area contributed by atoms with Crippen molar-refractivity contribution in [2.24, 2.45) is 0 Å². The summed E-state index contributed by atoms with van der Waals surface area (Å²) in [7, 11) is 1.53.